The van der Waals surface area contributed by atoms with Gasteiger partial charge in [0.05, 0.1) is 31.6 Å². The van der Waals surface area contributed by atoms with Gasteiger partial charge in [-0.15, -0.1) is 0 Å². The zero-order valence-corrected chi connectivity index (χ0v) is 12.9. The van der Waals surface area contributed by atoms with Crippen LogP contribution in [0, 0.1) is 0 Å². The lowest BCUT2D eigenvalue weighted by Crippen LogP contribution is -2.41. The van der Waals surface area contributed by atoms with Gasteiger partial charge in [0.1, 0.15) is 0 Å². The van der Waals surface area contributed by atoms with Gasteiger partial charge in [-0.1, -0.05) is 6.07 Å². The Morgan fingerprint density at radius 3 is 3.00 bits per heavy atom. The summed E-state index contributed by atoms with van der Waals surface area (Å²) in [6, 6.07) is 5.63. The maximum absolute atomic E-state index is 12.5. The summed E-state index contributed by atoms with van der Waals surface area (Å²) in [5.41, 5.74) is 2.93. The number of hydrogen-bond acceptors (Lipinski definition) is 4. The minimum absolute atomic E-state index is 0.0797. The largest absolute Gasteiger partial charge is 0.384 e. The van der Waals surface area contributed by atoms with Crippen molar-refractivity contribution in [2.75, 3.05) is 20.3 Å². The highest BCUT2D eigenvalue weighted by molar-refractivity contribution is 5.78. The molecule has 2 aromatic rings. The van der Waals surface area contributed by atoms with Gasteiger partial charge in [0.25, 0.3) is 0 Å². The van der Waals surface area contributed by atoms with Crippen LogP contribution in [-0.4, -0.2) is 45.6 Å². The molecule has 0 saturated heterocycles. The summed E-state index contributed by atoms with van der Waals surface area (Å²) in [7, 11) is 3.67. The van der Waals surface area contributed by atoms with E-state index in [9.17, 15) is 4.79 Å². The number of hydrogen-bond donors (Lipinski definition) is 0. The standard InChI is InChI=1S/C16H20N4O2/c1-19-11-18-14-9-20(8-12(10-22-2)16(14)19)15(21)7-13-5-3-4-6-17-13/h3-6,11-12H,7-10H2,1-2H3/t12-/m0/s1. The minimum Gasteiger partial charge on any atom is -0.384 e. The summed E-state index contributed by atoms with van der Waals surface area (Å²) in [6.45, 7) is 1.80. The number of amides is 1. The van der Waals surface area contributed by atoms with Crippen molar-refractivity contribution in [2.45, 2.75) is 18.9 Å². The molecule has 0 spiro atoms. The normalized spacial score (nSPS) is 17.4. The Kier molecular flexibility index (Phi) is 4.20. The molecule has 0 N–H and O–H groups in total. The van der Waals surface area contributed by atoms with E-state index in [-0.39, 0.29) is 11.8 Å². The van der Waals surface area contributed by atoms with Crippen molar-refractivity contribution in [3.63, 3.8) is 0 Å². The predicted molar refractivity (Wildman–Crippen MR) is 81.2 cm³/mol. The summed E-state index contributed by atoms with van der Waals surface area (Å²) in [4.78, 5) is 23.1. The van der Waals surface area contributed by atoms with Crippen LogP contribution in [0.4, 0.5) is 0 Å². The number of methoxy groups -OCH3 is 1. The molecule has 0 bridgehead atoms. The van der Waals surface area contributed by atoms with Crippen LogP contribution in [0.5, 0.6) is 0 Å². The molecule has 3 heterocycles. The number of aromatic nitrogens is 3. The molecule has 1 atom stereocenters. The van der Waals surface area contributed by atoms with E-state index >= 15 is 0 Å². The molecule has 1 aliphatic heterocycles. The van der Waals surface area contributed by atoms with Crippen LogP contribution in [0.1, 0.15) is 23.0 Å². The Morgan fingerprint density at radius 1 is 1.41 bits per heavy atom. The van der Waals surface area contributed by atoms with Gasteiger partial charge < -0.3 is 14.2 Å². The van der Waals surface area contributed by atoms with Gasteiger partial charge in [-0.3, -0.25) is 9.78 Å². The average molecular weight is 300 g/mol. The van der Waals surface area contributed by atoms with Crippen LogP contribution in [-0.2, 0) is 29.5 Å². The molecule has 2 aromatic heterocycles. The van der Waals surface area contributed by atoms with Crippen molar-refractivity contribution in [2.24, 2.45) is 7.05 Å². The lowest BCUT2D eigenvalue weighted by atomic mass is 9.98. The van der Waals surface area contributed by atoms with Gasteiger partial charge in [-0.25, -0.2) is 4.98 Å². The Labute approximate surface area is 129 Å². The van der Waals surface area contributed by atoms with Crippen molar-refractivity contribution >= 4 is 5.91 Å². The number of carbonyl (C=O) groups is 1. The van der Waals surface area contributed by atoms with E-state index in [1.54, 1.807) is 19.6 Å². The fourth-order valence-corrected chi connectivity index (χ4v) is 3.02. The van der Waals surface area contributed by atoms with Gasteiger partial charge in [0, 0.05) is 44.2 Å². The smallest absolute Gasteiger partial charge is 0.228 e. The Balaban J connectivity index is 1.77. The minimum atomic E-state index is 0.0797. The van der Waals surface area contributed by atoms with E-state index in [1.165, 1.54) is 5.69 Å². The van der Waals surface area contributed by atoms with E-state index in [0.717, 1.165) is 11.4 Å². The van der Waals surface area contributed by atoms with E-state index in [1.807, 2.05) is 34.7 Å². The fraction of sp³-hybridized carbons (Fsp3) is 0.438. The van der Waals surface area contributed by atoms with E-state index in [2.05, 4.69) is 9.97 Å². The number of pyridine rings is 1. The molecule has 0 saturated carbocycles. The molecule has 0 unspecified atom stereocenters. The maximum atomic E-state index is 12.5. The molecule has 0 aromatic carbocycles. The molecule has 0 radical (unpaired) electrons. The van der Waals surface area contributed by atoms with Crippen LogP contribution in [0.15, 0.2) is 30.7 Å². The summed E-state index contributed by atoms with van der Waals surface area (Å²) in [5.74, 6) is 0.241. The van der Waals surface area contributed by atoms with Crippen LogP contribution in [0.25, 0.3) is 0 Å². The van der Waals surface area contributed by atoms with Gasteiger partial charge in [-0.2, -0.15) is 0 Å². The topological polar surface area (TPSA) is 60.2 Å². The SMILES string of the molecule is COC[C@@H]1CN(C(=O)Cc2ccccn2)Cc2ncn(C)c21. The second kappa shape index (κ2) is 6.27. The van der Waals surface area contributed by atoms with Crippen LogP contribution < -0.4 is 0 Å². The first-order chi connectivity index (χ1) is 10.7. The third-order valence-electron chi connectivity index (χ3n) is 4.01. The number of imidazole rings is 1. The van der Waals surface area contributed by atoms with Gasteiger partial charge in [-0.05, 0) is 12.1 Å². The summed E-state index contributed by atoms with van der Waals surface area (Å²) in [5, 5.41) is 0. The number of rotatable bonds is 4. The third kappa shape index (κ3) is 2.87. The number of nitrogens with zero attached hydrogens (tertiary/aromatic N) is 4. The first kappa shape index (κ1) is 14.7. The molecular formula is C16H20N4O2. The van der Waals surface area contributed by atoms with Crippen LogP contribution >= 0.6 is 0 Å². The second-order valence-electron chi connectivity index (χ2n) is 5.61. The lowest BCUT2D eigenvalue weighted by Gasteiger charge is -2.32. The highest BCUT2D eigenvalue weighted by Gasteiger charge is 2.31. The van der Waals surface area contributed by atoms with Crippen molar-refractivity contribution in [3.05, 3.63) is 47.8 Å². The van der Waals surface area contributed by atoms with Crippen LogP contribution in [0.2, 0.25) is 0 Å². The molecular weight excluding hydrogens is 280 g/mol. The van der Waals surface area contributed by atoms with Crippen molar-refractivity contribution in [3.8, 4) is 0 Å². The van der Waals surface area contributed by atoms with Gasteiger partial charge in [0.15, 0.2) is 0 Å². The Bertz CT molecular complexity index is 653. The Hall–Kier alpha value is -2.21. The summed E-state index contributed by atoms with van der Waals surface area (Å²) in [6.07, 6.45) is 3.84. The van der Waals surface area contributed by atoms with Gasteiger partial charge in [0.2, 0.25) is 5.91 Å². The van der Waals surface area contributed by atoms with Crippen LogP contribution in [0.3, 0.4) is 0 Å². The van der Waals surface area contributed by atoms with E-state index in [4.69, 9.17) is 4.74 Å². The first-order valence-corrected chi connectivity index (χ1v) is 7.35. The third-order valence-corrected chi connectivity index (χ3v) is 4.01. The zero-order valence-electron chi connectivity index (χ0n) is 12.9. The molecule has 6 nitrogen and oxygen atoms in total. The van der Waals surface area contributed by atoms with Gasteiger partial charge >= 0.3 is 0 Å². The molecule has 1 aliphatic rings. The molecule has 22 heavy (non-hydrogen) atoms. The number of ether oxygens (including phenoxy) is 1. The fourth-order valence-electron chi connectivity index (χ4n) is 3.02. The monoisotopic (exact) mass is 300 g/mol. The van der Waals surface area contributed by atoms with Crippen molar-refractivity contribution in [1.82, 2.24) is 19.4 Å². The summed E-state index contributed by atoms with van der Waals surface area (Å²) < 4.78 is 7.34. The van der Waals surface area contributed by atoms with Crippen molar-refractivity contribution in [1.29, 1.82) is 0 Å². The molecule has 6 heteroatoms. The maximum Gasteiger partial charge on any atom is 0.228 e. The molecule has 0 fully saturated rings. The zero-order chi connectivity index (χ0) is 15.5. The summed E-state index contributed by atoms with van der Waals surface area (Å²) >= 11 is 0. The quantitative estimate of drug-likeness (QED) is 0.849. The molecule has 3 rings (SSSR count). The number of carbonyl (C=O) groups excluding carboxylic acids is 1. The second-order valence-corrected chi connectivity index (χ2v) is 5.61. The van der Waals surface area contributed by atoms with Crippen molar-refractivity contribution < 1.29 is 9.53 Å². The lowest BCUT2D eigenvalue weighted by molar-refractivity contribution is -0.132. The molecule has 116 valence electrons. The van der Waals surface area contributed by atoms with E-state index < -0.39 is 0 Å². The number of fused-ring (bicyclic) bond motifs is 1. The predicted octanol–water partition coefficient (Wildman–Crippen LogP) is 1.13. The highest BCUT2D eigenvalue weighted by atomic mass is 16.5. The first-order valence-electron chi connectivity index (χ1n) is 7.35. The molecule has 1 amide bonds. The number of aryl methyl sites for hydroxylation is 1. The van der Waals surface area contributed by atoms with E-state index in [0.29, 0.717) is 26.1 Å². The average Bonchev–Trinajstić information content (AvgIpc) is 2.90. The Morgan fingerprint density at radius 2 is 2.27 bits per heavy atom. The molecule has 0 aliphatic carbocycles. The highest BCUT2D eigenvalue weighted by Crippen LogP contribution is 2.27.